The van der Waals surface area contributed by atoms with Crippen LogP contribution in [0.4, 0.5) is 0 Å². The fourth-order valence-corrected chi connectivity index (χ4v) is 3.10. The van der Waals surface area contributed by atoms with E-state index in [2.05, 4.69) is 39.3 Å². The van der Waals surface area contributed by atoms with E-state index >= 15 is 0 Å². The molecule has 6 heteroatoms. The van der Waals surface area contributed by atoms with Crippen molar-refractivity contribution in [3.05, 3.63) is 35.7 Å². The highest BCUT2D eigenvalue weighted by atomic mass is 15.2. The molecule has 0 radical (unpaired) electrons. The summed E-state index contributed by atoms with van der Waals surface area (Å²) < 4.78 is 2.01. The maximum absolute atomic E-state index is 9.13. The van der Waals surface area contributed by atoms with Gasteiger partial charge in [0.2, 0.25) is 0 Å². The van der Waals surface area contributed by atoms with E-state index in [9.17, 15) is 0 Å². The summed E-state index contributed by atoms with van der Waals surface area (Å²) in [5.74, 6) is 1.42. The van der Waals surface area contributed by atoms with Gasteiger partial charge in [-0.15, -0.1) is 0 Å². The Kier molecular flexibility index (Phi) is 4.02. The summed E-state index contributed by atoms with van der Waals surface area (Å²) in [4.78, 5) is 6.72. The van der Waals surface area contributed by atoms with Crippen LogP contribution >= 0.6 is 0 Å². The number of hydrogen-bond donors (Lipinski definition) is 1. The normalized spacial score (nSPS) is 19.5. The molecule has 0 aliphatic carbocycles. The molecule has 0 unspecified atom stereocenters. The first-order chi connectivity index (χ1) is 10.3. The van der Waals surface area contributed by atoms with Crippen molar-refractivity contribution in [2.24, 2.45) is 0 Å². The molecule has 1 fully saturated rings. The molecule has 1 aliphatic heterocycles. The highest BCUT2D eigenvalue weighted by molar-refractivity contribution is 5.28. The smallest absolute Gasteiger partial charge is 0.137 e. The van der Waals surface area contributed by atoms with Crippen molar-refractivity contribution in [2.75, 3.05) is 13.1 Å². The first kappa shape index (κ1) is 13.8. The van der Waals surface area contributed by atoms with E-state index in [0.717, 1.165) is 44.1 Å². The Bertz CT molecular complexity index is 621. The van der Waals surface area contributed by atoms with Gasteiger partial charge in [0.15, 0.2) is 0 Å². The van der Waals surface area contributed by atoms with Gasteiger partial charge in [-0.1, -0.05) is 0 Å². The molecule has 110 valence electrons. The SMILES string of the molecule is CCn1cc(CN2CCC[C@H](c3ncn[nH]3)C2)cc1C#N. The van der Waals surface area contributed by atoms with Crippen LogP contribution in [0.1, 0.15) is 42.8 Å². The maximum Gasteiger partial charge on any atom is 0.137 e. The van der Waals surface area contributed by atoms with Crippen LogP contribution in [0.2, 0.25) is 0 Å². The Balaban J connectivity index is 1.67. The third kappa shape index (κ3) is 2.98. The number of piperidine rings is 1. The van der Waals surface area contributed by atoms with Crippen molar-refractivity contribution in [3.63, 3.8) is 0 Å². The number of nitrogens with one attached hydrogen (secondary N) is 1. The third-order valence-corrected chi connectivity index (χ3v) is 4.14. The van der Waals surface area contributed by atoms with E-state index < -0.39 is 0 Å². The summed E-state index contributed by atoms with van der Waals surface area (Å²) in [7, 11) is 0. The molecule has 0 aromatic carbocycles. The minimum Gasteiger partial charge on any atom is -0.339 e. The lowest BCUT2D eigenvalue weighted by Gasteiger charge is -2.31. The summed E-state index contributed by atoms with van der Waals surface area (Å²) in [6.45, 7) is 5.89. The lowest BCUT2D eigenvalue weighted by atomic mass is 9.97. The van der Waals surface area contributed by atoms with Crippen molar-refractivity contribution < 1.29 is 0 Å². The summed E-state index contributed by atoms with van der Waals surface area (Å²) in [5, 5.41) is 16.1. The van der Waals surface area contributed by atoms with E-state index in [1.807, 2.05) is 10.6 Å². The van der Waals surface area contributed by atoms with Gasteiger partial charge in [-0.2, -0.15) is 10.4 Å². The van der Waals surface area contributed by atoms with Gasteiger partial charge in [-0.3, -0.25) is 10.00 Å². The Hall–Kier alpha value is -2.13. The molecule has 1 aliphatic rings. The van der Waals surface area contributed by atoms with Gasteiger partial charge in [0, 0.05) is 31.7 Å². The monoisotopic (exact) mass is 284 g/mol. The van der Waals surface area contributed by atoms with Crippen LogP contribution in [0.3, 0.4) is 0 Å². The molecule has 0 saturated carbocycles. The number of likely N-dealkylation sites (tertiary alicyclic amines) is 1. The zero-order chi connectivity index (χ0) is 14.7. The summed E-state index contributed by atoms with van der Waals surface area (Å²) >= 11 is 0. The Morgan fingerprint density at radius 3 is 3.10 bits per heavy atom. The lowest BCUT2D eigenvalue weighted by molar-refractivity contribution is 0.196. The molecular formula is C15H20N6. The summed E-state index contributed by atoms with van der Waals surface area (Å²) in [5.41, 5.74) is 1.96. The third-order valence-electron chi connectivity index (χ3n) is 4.14. The second-order valence-electron chi connectivity index (χ2n) is 5.58. The molecule has 1 saturated heterocycles. The van der Waals surface area contributed by atoms with Crippen molar-refractivity contribution in [2.45, 2.75) is 38.8 Å². The molecule has 0 amide bonds. The Morgan fingerprint density at radius 2 is 2.43 bits per heavy atom. The predicted molar refractivity (Wildman–Crippen MR) is 78.5 cm³/mol. The van der Waals surface area contributed by atoms with Gasteiger partial charge in [0.05, 0.1) is 0 Å². The first-order valence-electron chi connectivity index (χ1n) is 7.47. The van der Waals surface area contributed by atoms with Crippen molar-refractivity contribution in [3.8, 4) is 6.07 Å². The average molecular weight is 284 g/mol. The van der Waals surface area contributed by atoms with E-state index in [0.29, 0.717) is 5.92 Å². The van der Waals surface area contributed by atoms with Crippen LogP contribution in [-0.2, 0) is 13.1 Å². The highest BCUT2D eigenvalue weighted by Gasteiger charge is 2.23. The van der Waals surface area contributed by atoms with Crippen molar-refractivity contribution >= 4 is 0 Å². The molecule has 0 bridgehead atoms. The number of aromatic amines is 1. The van der Waals surface area contributed by atoms with Gasteiger partial charge in [-0.05, 0) is 37.9 Å². The number of aryl methyl sites for hydroxylation is 1. The van der Waals surface area contributed by atoms with Crippen LogP contribution in [-0.4, -0.2) is 37.7 Å². The van der Waals surface area contributed by atoms with Gasteiger partial charge < -0.3 is 4.57 Å². The lowest BCUT2D eigenvalue weighted by Crippen LogP contribution is -2.34. The zero-order valence-electron chi connectivity index (χ0n) is 12.3. The number of aromatic nitrogens is 4. The molecule has 2 aromatic rings. The fourth-order valence-electron chi connectivity index (χ4n) is 3.10. The molecule has 6 nitrogen and oxygen atoms in total. The summed E-state index contributed by atoms with van der Waals surface area (Å²) in [6.07, 6.45) is 6.00. The number of H-pyrrole nitrogens is 1. The molecule has 0 spiro atoms. The predicted octanol–water partition coefficient (Wildman–Crippen LogP) is 1.88. The van der Waals surface area contributed by atoms with Crippen LogP contribution in [0, 0.1) is 11.3 Å². The zero-order valence-corrected chi connectivity index (χ0v) is 12.3. The minimum absolute atomic E-state index is 0.435. The molecule has 2 aromatic heterocycles. The number of nitrogens with zero attached hydrogens (tertiary/aromatic N) is 5. The van der Waals surface area contributed by atoms with E-state index in [-0.39, 0.29) is 0 Å². The Morgan fingerprint density at radius 1 is 1.52 bits per heavy atom. The van der Waals surface area contributed by atoms with Crippen LogP contribution in [0.15, 0.2) is 18.6 Å². The van der Waals surface area contributed by atoms with Crippen LogP contribution in [0.25, 0.3) is 0 Å². The second kappa shape index (κ2) is 6.10. The van der Waals surface area contributed by atoms with E-state index in [4.69, 9.17) is 5.26 Å². The van der Waals surface area contributed by atoms with Crippen LogP contribution in [0.5, 0.6) is 0 Å². The van der Waals surface area contributed by atoms with Gasteiger partial charge in [-0.25, -0.2) is 4.98 Å². The number of hydrogen-bond acceptors (Lipinski definition) is 4. The molecule has 1 atom stereocenters. The average Bonchev–Trinajstić information content (AvgIpc) is 3.16. The molecule has 21 heavy (non-hydrogen) atoms. The second-order valence-corrected chi connectivity index (χ2v) is 5.58. The van der Waals surface area contributed by atoms with E-state index in [1.165, 1.54) is 12.0 Å². The standard InChI is InChI=1S/C15H20N6/c1-2-21-9-12(6-14(21)7-16)8-20-5-3-4-13(10-20)15-17-11-18-19-15/h6,9,11,13H,2-5,8,10H2,1H3,(H,17,18,19)/t13-/m0/s1. The fraction of sp³-hybridized carbons (Fsp3) is 0.533. The molecule has 1 N–H and O–H groups in total. The summed E-state index contributed by atoms with van der Waals surface area (Å²) in [6, 6.07) is 4.26. The number of rotatable bonds is 4. The minimum atomic E-state index is 0.435. The Labute approximate surface area is 124 Å². The van der Waals surface area contributed by atoms with Gasteiger partial charge in [0.1, 0.15) is 23.9 Å². The quantitative estimate of drug-likeness (QED) is 0.930. The largest absolute Gasteiger partial charge is 0.339 e. The number of nitriles is 1. The molecule has 3 heterocycles. The first-order valence-corrected chi connectivity index (χ1v) is 7.47. The highest BCUT2D eigenvalue weighted by Crippen LogP contribution is 2.25. The molecule has 3 rings (SSSR count). The molecular weight excluding hydrogens is 264 g/mol. The van der Waals surface area contributed by atoms with Crippen molar-refractivity contribution in [1.29, 1.82) is 5.26 Å². The van der Waals surface area contributed by atoms with E-state index in [1.54, 1.807) is 6.33 Å². The van der Waals surface area contributed by atoms with Gasteiger partial charge in [0.25, 0.3) is 0 Å². The van der Waals surface area contributed by atoms with Crippen LogP contribution < -0.4 is 0 Å². The van der Waals surface area contributed by atoms with Crippen molar-refractivity contribution in [1.82, 2.24) is 24.6 Å². The maximum atomic E-state index is 9.13. The topological polar surface area (TPSA) is 73.5 Å². The van der Waals surface area contributed by atoms with Gasteiger partial charge >= 0.3 is 0 Å².